The van der Waals surface area contributed by atoms with E-state index in [0.717, 1.165) is 44.3 Å². The van der Waals surface area contributed by atoms with Gasteiger partial charge in [0, 0.05) is 30.8 Å². The molecular weight excluding hydrogens is 394 g/mol. The van der Waals surface area contributed by atoms with Gasteiger partial charge in [0.25, 0.3) is 0 Å². The maximum atomic E-state index is 12.5. The summed E-state index contributed by atoms with van der Waals surface area (Å²) in [7, 11) is -2.35. The number of nitrogens with zero attached hydrogens (tertiary/aromatic N) is 1. The Balaban J connectivity index is 1.60. The van der Waals surface area contributed by atoms with Crippen LogP contribution in [0.25, 0.3) is 0 Å². The van der Waals surface area contributed by atoms with Gasteiger partial charge in [0.15, 0.2) is 8.32 Å². The maximum absolute atomic E-state index is 12.5. The number of benzene rings is 1. The molecule has 2 aliphatic heterocycles. The highest BCUT2D eigenvalue weighted by atomic mass is 28.4. The predicted molar refractivity (Wildman–Crippen MR) is 123 cm³/mol. The number of anilines is 1. The number of carbonyl (C=O) groups is 1. The number of amides is 1. The largest absolute Gasteiger partial charge is 0.432 e. The average molecular weight is 434 g/mol. The number of rotatable bonds is 7. The number of aliphatic hydroxyl groups excluding tert-OH is 1. The Morgan fingerprint density at radius 1 is 1.07 bits per heavy atom. The van der Waals surface area contributed by atoms with Crippen LogP contribution in [-0.2, 0) is 16.0 Å². The molecule has 1 amide bonds. The Morgan fingerprint density at radius 2 is 1.77 bits per heavy atom. The third-order valence-electron chi connectivity index (χ3n) is 6.92. The molecule has 0 bridgehead atoms. The fraction of sp³-hybridized carbons (Fsp3) is 0.708. The maximum Gasteiger partial charge on any atom is 0.226 e. The van der Waals surface area contributed by atoms with Crippen LogP contribution in [0, 0.1) is 5.92 Å². The first-order valence-corrected chi connectivity index (χ1v) is 14.7. The fourth-order valence-electron chi connectivity index (χ4n) is 5.39. The molecule has 2 saturated heterocycles. The van der Waals surface area contributed by atoms with Crippen molar-refractivity contribution in [2.24, 2.45) is 5.92 Å². The summed E-state index contributed by atoms with van der Waals surface area (Å²) in [4.78, 5) is 25.2. The lowest BCUT2D eigenvalue weighted by Gasteiger charge is -2.30. The standard InChI is InChI=1S/C24H39NO4Si/c1-18-21(29-22(15-17-26)24(18)30(2,3)28)14-11-19-9-12-20(13-10-19)25-16-7-5-4-6-8-23(25)27/h9-10,12-13,18,21-22,24,26,28H,4-8,11,14-17H2,1-3H3/t18-,21+,22-,24+/m0/s1. The Kier molecular flexibility index (Phi) is 8.13. The minimum absolute atomic E-state index is 0.0397. The lowest BCUT2D eigenvalue weighted by molar-refractivity contribution is -0.118. The topological polar surface area (TPSA) is 70.0 Å². The Bertz CT molecular complexity index is 687. The molecule has 0 radical (unpaired) electrons. The van der Waals surface area contributed by atoms with E-state index in [4.69, 9.17) is 4.74 Å². The second-order valence-corrected chi connectivity index (χ2v) is 13.7. The van der Waals surface area contributed by atoms with Crippen molar-refractivity contribution < 1.29 is 19.4 Å². The van der Waals surface area contributed by atoms with Crippen LogP contribution in [0.15, 0.2) is 24.3 Å². The normalized spacial score (nSPS) is 28.4. The summed E-state index contributed by atoms with van der Waals surface area (Å²) in [6.45, 7) is 7.07. The van der Waals surface area contributed by atoms with Crippen LogP contribution >= 0.6 is 0 Å². The van der Waals surface area contributed by atoms with Gasteiger partial charge >= 0.3 is 0 Å². The molecule has 2 heterocycles. The number of ether oxygens (including phenoxy) is 1. The molecule has 5 nitrogen and oxygen atoms in total. The summed E-state index contributed by atoms with van der Waals surface area (Å²) in [5.74, 6) is 0.540. The molecule has 2 aliphatic rings. The molecule has 6 heteroatoms. The van der Waals surface area contributed by atoms with E-state index in [1.807, 2.05) is 18.0 Å². The van der Waals surface area contributed by atoms with Crippen molar-refractivity contribution >= 4 is 19.9 Å². The second kappa shape index (κ2) is 10.4. The summed E-state index contributed by atoms with van der Waals surface area (Å²) in [6, 6.07) is 8.42. The summed E-state index contributed by atoms with van der Waals surface area (Å²) in [6.07, 6.45) is 7.58. The van der Waals surface area contributed by atoms with Crippen molar-refractivity contribution in [2.45, 2.75) is 89.1 Å². The van der Waals surface area contributed by atoms with Gasteiger partial charge in [0.2, 0.25) is 5.91 Å². The zero-order valence-corrected chi connectivity index (χ0v) is 19.8. The van der Waals surface area contributed by atoms with Crippen LogP contribution in [0.1, 0.15) is 57.4 Å². The summed E-state index contributed by atoms with van der Waals surface area (Å²) >= 11 is 0. The van der Waals surface area contributed by atoms with E-state index in [1.165, 1.54) is 12.0 Å². The molecule has 0 aliphatic carbocycles. The monoisotopic (exact) mass is 433 g/mol. The van der Waals surface area contributed by atoms with Gasteiger partial charge in [0.1, 0.15) is 0 Å². The highest BCUT2D eigenvalue weighted by Gasteiger charge is 2.49. The summed E-state index contributed by atoms with van der Waals surface area (Å²) in [5.41, 5.74) is 2.42. The zero-order valence-electron chi connectivity index (χ0n) is 18.8. The minimum Gasteiger partial charge on any atom is -0.432 e. The second-order valence-electron chi connectivity index (χ2n) is 9.68. The van der Waals surface area contributed by atoms with E-state index >= 15 is 0 Å². The molecule has 3 rings (SSSR count). The molecule has 4 atom stereocenters. The van der Waals surface area contributed by atoms with E-state index in [0.29, 0.717) is 18.8 Å². The van der Waals surface area contributed by atoms with Crippen LogP contribution < -0.4 is 4.90 Å². The van der Waals surface area contributed by atoms with Gasteiger partial charge in [-0.3, -0.25) is 4.79 Å². The molecular formula is C24H39NO4Si. The third kappa shape index (κ3) is 5.72. The number of hydrogen-bond donors (Lipinski definition) is 2. The quantitative estimate of drug-likeness (QED) is 0.630. The van der Waals surface area contributed by atoms with E-state index in [2.05, 4.69) is 31.2 Å². The first kappa shape index (κ1) is 23.5. The van der Waals surface area contributed by atoms with Crippen molar-refractivity contribution in [1.29, 1.82) is 0 Å². The van der Waals surface area contributed by atoms with Crippen molar-refractivity contribution in [3.8, 4) is 0 Å². The van der Waals surface area contributed by atoms with Gasteiger partial charge in [-0.2, -0.15) is 0 Å². The SMILES string of the molecule is C[C@@H]1[C@@H]([Si](C)(C)O)[C@H](CCO)O[C@@H]1CCc1ccc(N2CCCCCCC2=O)cc1. The van der Waals surface area contributed by atoms with Crippen LogP contribution in [0.5, 0.6) is 0 Å². The van der Waals surface area contributed by atoms with Gasteiger partial charge in [-0.25, -0.2) is 0 Å². The molecule has 0 unspecified atom stereocenters. The zero-order chi connectivity index (χ0) is 21.7. The van der Waals surface area contributed by atoms with Crippen LogP contribution in [0.4, 0.5) is 5.69 Å². The molecule has 1 aromatic rings. The molecule has 0 spiro atoms. The summed E-state index contributed by atoms with van der Waals surface area (Å²) in [5, 5.41) is 9.40. The number of aryl methyl sites for hydroxylation is 1. The van der Waals surface area contributed by atoms with Crippen molar-refractivity contribution in [2.75, 3.05) is 18.1 Å². The van der Waals surface area contributed by atoms with Gasteiger partial charge < -0.3 is 19.5 Å². The lowest BCUT2D eigenvalue weighted by Crippen LogP contribution is -2.40. The van der Waals surface area contributed by atoms with E-state index in [9.17, 15) is 14.7 Å². The van der Waals surface area contributed by atoms with Gasteiger partial charge in [-0.15, -0.1) is 0 Å². The molecule has 168 valence electrons. The van der Waals surface area contributed by atoms with E-state index < -0.39 is 8.32 Å². The van der Waals surface area contributed by atoms with Gasteiger partial charge in [-0.05, 0) is 68.8 Å². The summed E-state index contributed by atoms with van der Waals surface area (Å²) < 4.78 is 6.30. The highest BCUT2D eigenvalue weighted by molar-refractivity contribution is 6.71. The van der Waals surface area contributed by atoms with Crippen LogP contribution in [0.3, 0.4) is 0 Å². The van der Waals surface area contributed by atoms with E-state index in [-0.39, 0.29) is 30.3 Å². The molecule has 1 aromatic carbocycles. The minimum atomic E-state index is -2.35. The van der Waals surface area contributed by atoms with Crippen LogP contribution in [-0.4, -0.2) is 49.5 Å². The van der Waals surface area contributed by atoms with Gasteiger partial charge in [-0.1, -0.05) is 31.9 Å². The average Bonchev–Trinajstić information content (AvgIpc) is 3.00. The highest BCUT2D eigenvalue weighted by Crippen LogP contribution is 2.45. The smallest absolute Gasteiger partial charge is 0.226 e. The van der Waals surface area contributed by atoms with Crippen LogP contribution in [0.2, 0.25) is 18.6 Å². The number of carbonyl (C=O) groups excluding carboxylic acids is 1. The Labute approximate surface area is 182 Å². The fourth-order valence-corrected chi connectivity index (χ4v) is 8.05. The molecule has 0 aromatic heterocycles. The lowest BCUT2D eigenvalue weighted by atomic mass is 9.95. The molecule has 2 N–H and O–H groups in total. The Morgan fingerprint density at radius 3 is 2.43 bits per heavy atom. The van der Waals surface area contributed by atoms with Crippen molar-refractivity contribution in [3.05, 3.63) is 29.8 Å². The molecule has 0 saturated carbocycles. The van der Waals surface area contributed by atoms with E-state index in [1.54, 1.807) is 0 Å². The first-order valence-electron chi connectivity index (χ1n) is 11.7. The number of hydrogen-bond acceptors (Lipinski definition) is 4. The number of aliphatic hydroxyl groups is 1. The molecule has 30 heavy (non-hydrogen) atoms. The predicted octanol–water partition coefficient (Wildman–Crippen LogP) is 4.27. The Hall–Kier alpha value is -1.21. The third-order valence-corrected chi connectivity index (χ3v) is 9.45. The van der Waals surface area contributed by atoms with Crippen molar-refractivity contribution in [3.63, 3.8) is 0 Å². The first-order chi connectivity index (χ1) is 14.3. The van der Waals surface area contributed by atoms with Gasteiger partial charge in [0.05, 0.1) is 12.2 Å². The van der Waals surface area contributed by atoms with Crippen molar-refractivity contribution in [1.82, 2.24) is 0 Å². The molecule has 2 fully saturated rings.